The highest BCUT2D eigenvalue weighted by atomic mass is 16.6. The van der Waals surface area contributed by atoms with Crippen LogP contribution in [0.1, 0.15) is 35.1 Å². The average Bonchev–Trinajstić information content (AvgIpc) is 3.42. The second kappa shape index (κ2) is 15.4. The molecule has 1 aliphatic carbocycles. The van der Waals surface area contributed by atoms with Gasteiger partial charge < -0.3 is 34.5 Å². The van der Waals surface area contributed by atoms with Crippen molar-refractivity contribution in [3.63, 3.8) is 0 Å². The number of amides is 2. The van der Waals surface area contributed by atoms with Gasteiger partial charge in [0.25, 0.3) is 5.91 Å². The number of nitrogens with two attached hydrogens (primary N) is 1. The van der Waals surface area contributed by atoms with E-state index in [0.29, 0.717) is 46.6 Å². The average molecular weight is 654 g/mol. The van der Waals surface area contributed by atoms with Crippen LogP contribution in [0.4, 0.5) is 10.5 Å². The summed E-state index contributed by atoms with van der Waals surface area (Å²) >= 11 is 0. The number of aliphatic imine (C=N–C) groups is 1. The third-order valence-electron chi connectivity index (χ3n) is 8.10. The maximum atomic E-state index is 13.3. The van der Waals surface area contributed by atoms with Crippen molar-refractivity contribution in [2.24, 2.45) is 4.99 Å². The maximum Gasteiger partial charge on any atom is 0.413 e. The molecule has 0 radical (unpaired) electrons. The van der Waals surface area contributed by atoms with E-state index in [9.17, 15) is 14.7 Å². The minimum Gasteiger partial charge on any atom is -0.493 e. The van der Waals surface area contributed by atoms with E-state index in [2.05, 4.69) is 10.3 Å². The SMILES string of the molecule is CCOc1ccc(C/C(=N/[C@@H](CO)C(=O)NC(=O)OCC2c3ccccc3-c3ccccc32)c2cc(OC)c(OC)c(OC)c2)cc1N. The third-order valence-corrected chi connectivity index (χ3v) is 8.10. The first-order chi connectivity index (χ1) is 23.3. The lowest BCUT2D eigenvalue weighted by Gasteiger charge is -2.18. The van der Waals surface area contributed by atoms with Crippen molar-refractivity contribution >= 4 is 23.4 Å². The lowest BCUT2D eigenvalue weighted by atomic mass is 9.98. The van der Waals surface area contributed by atoms with Crippen molar-refractivity contribution in [2.75, 3.05) is 46.9 Å². The zero-order valence-corrected chi connectivity index (χ0v) is 27.3. The molecule has 48 heavy (non-hydrogen) atoms. The summed E-state index contributed by atoms with van der Waals surface area (Å²) in [5.74, 6) is 0.649. The van der Waals surface area contributed by atoms with Gasteiger partial charge in [0.15, 0.2) is 17.5 Å². The van der Waals surface area contributed by atoms with Crippen molar-refractivity contribution in [2.45, 2.75) is 25.3 Å². The van der Waals surface area contributed by atoms with E-state index in [1.165, 1.54) is 21.3 Å². The third kappa shape index (κ3) is 7.21. The quantitative estimate of drug-likeness (QED) is 0.131. The molecule has 2 amide bonds. The molecule has 4 N–H and O–H groups in total. The second-order valence-corrected chi connectivity index (χ2v) is 11.0. The van der Waals surface area contributed by atoms with Gasteiger partial charge in [-0.2, -0.15) is 0 Å². The van der Waals surface area contributed by atoms with E-state index in [1.54, 1.807) is 24.3 Å². The lowest BCUT2D eigenvalue weighted by Crippen LogP contribution is -2.40. The Kier molecular flexibility index (Phi) is 10.8. The number of anilines is 1. The molecular weight excluding hydrogens is 614 g/mol. The Morgan fingerprint density at radius 2 is 1.50 bits per heavy atom. The number of fused-ring (bicyclic) bond motifs is 3. The minimum absolute atomic E-state index is 0.0239. The van der Waals surface area contributed by atoms with Crippen LogP contribution in [-0.4, -0.2) is 70.0 Å². The van der Waals surface area contributed by atoms with Crippen molar-refractivity contribution < 1.29 is 38.4 Å². The van der Waals surface area contributed by atoms with Crippen LogP contribution in [0.3, 0.4) is 0 Å². The van der Waals surface area contributed by atoms with Gasteiger partial charge in [0.1, 0.15) is 12.4 Å². The highest BCUT2D eigenvalue weighted by molar-refractivity contribution is 6.05. The molecule has 5 rings (SSSR count). The van der Waals surface area contributed by atoms with Gasteiger partial charge in [-0.15, -0.1) is 0 Å². The molecule has 4 aromatic carbocycles. The molecule has 0 unspecified atom stereocenters. The fraction of sp³-hybridized carbons (Fsp3) is 0.270. The van der Waals surface area contributed by atoms with E-state index in [1.807, 2.05) is 61.5 Å². The van der Waals surface area contributed by atoms with Gasteiger partial charge in [-0.1, -0.05) is 54.6 Å². The summed E-state index contributed by atoms with van der Waals surface area (Å²) in [6.45, 7) is 1.67. The summed E-state index contributed by atoms with van der Waals surface area (Å²) in [6.07, 6.45) is -0.742. The molecule has 0 spiro atoms. The van der Waals surface area contributed by atoms with Crippen LogP contribution in [0, 0.1) is 0 Å². The smallest absolute Gasteiger partial charge is 0.413 e. The number of nitrogens with one attached hydrogen (secondary N) is 1. The number of nitrogens with zero attached hydrogens (tertiary/aromatic N) is 1. The van der Waals surface area contributed by atoms with Crippen molar-refractivity contribution in [1.82, 2.24) is 5.32 Å². The van der Waals surface area contributed by atoms with Crippen LogP contribution in [0.25, 0.3) is 11.1 Å². The number of methoxy groups -OCH3 is 3. The topological polar surface area (TPSA) is 151 Å². The molecule has 1 atom stereocenters. The number of carbonyl (C=O) groups is 2. The minimum atomic E-state index is -1.35. The fourth-order valence-electron chi connectivity index (χ4n) is 5.85. The number of aliphatic hydroxyl groups excluding tert-OH is 1. The number of aliphatic hydroxyl groups is 1. The molecule has 0 bridgehead atoms. The normalized spacial score (nSPS) is 12.8. The number of ether oxygens (including phenoxy) is 5. The second-order valence-electron chi connectivity index (χ2n) is 11.0. The van der Waals surface area contributed by atoms with Crippen LogP contribution in [0.15, 0.2) is 83.9 Å². The number of carbonyl (C=O) groups excluding carboxylic acids is 2. The molecule has 0 aromatic heterocycles. The first-order valence-electron chi connectivity index (χ1n) is 15.5. The number of nitrogen functional groups attached to an aromatic ring is 1. The Labute approximate surface area is 279 Å². The number of hydrogen-bond donors (Lipinski definition) is 3. The summed E-state index contributed by atoms with van der Waals surface area (Å²) in [6, 6.07) is 23.3. The molecule has 250 valence electrons. The van der Waals surface area contributed by atoms with Crippen molar-refractivity contribution in [3.05, 3.63) is 101 Å². The van der Waals surface area contributed by atoms with Gasteiger partial charge in [0.2, 0.25) is 5.75 Å². The van der Waals surface area contributed by atoms with Gasteiger partial charge in [-0.05, 0) is 59.0 Å². The predicted molar refractivity (Wildman–Crippen MR) is 182 cm³/mol. The lowest BCUT2D eigenvalue weighted by molar-refractivity contribution is -0.122. The van der Waals surface area contributed by atoms with E-state index in [-0.39, 0.29) is 18.9 Å². The zero-order valence-electron chi connectivity index (χ0n) is 27.3. The van der Waals surface area contributed by atoms with E-state index >= 15 is 0 Å². The van der Waals surface area contributed by atoms with Crippen molar-refractivity contribution in [1.29, 1.82) is 0 Å². The van der Waals surface area contributed by atoms with Gasteiger partial charge in [0.05, 0.1) is 40.2 Å². The predicted octanol–water partition coefficient (Wildman–Crippen LogP) is 5.15. The van der Waals surface area contributed by atoms with Gasteiger partial charge >= 0.3 is 6.09 Å². The number of rotatable bonds is 13. The van der Waals surface area contributed by atoms with Gasteiger partial charge in [-0.3, -0.25) is 15.1 Å². The summed E-state index contributed by atoms with van der Waals surface area (Å²) in [7, 11) is 4.47. The number of alkyl carbamates (subject to hydrolysis) is 1. The van der Waals surface area contributed by atoms with Crippen LogP contribution < -0.4 is 30.0 Å². The van der Waals surface area contributed by atoms with Crippen LogP contribution >= 0.6 is 0 Å². The Balaban J connectivity index is 1.39. The molecular formula is C37H39N3O8. The Bertz CT molecular complexity index is 1750. The fourth-order valence-corrected chi connectivity index (χ4v) is 5.85. The zero-order chi connectivity index (χ0) is 34.2. The van der Waals surface area contributed by atoms with Gasteiger partial charge in [-0.25, -0.2) is 4.79 Å². The monoisotopic (exact) mass is 653 g/mol. The van der Waals surface area contributed by atoms with E-state index < -0.39 is 24.6 Å². The molecule has 11 heteroatoms. The van der Waals surface area contributed by atoms with Crippen LogP contribution in [0.2, 0.25) is 0 Å². The summed E-state index contributed by atoms with van der Waals surface area (Å²) in [5.41, 5.74) is 12.6. The highest BCUT2D eigenvalue weighted by Crippen LogP contribution is 2.44. The number of benzene rings is 4. The molecule has 0 saturated heterocycles. The van der Waals surface area contributed by atoms with E-state index in [0.717, 1.165) is 27.8 Å². The molecule has 11 nitrogen and oxygen atoms in total. The van der Waals surface area contributed by atoms with Crippen LogP contribution in [-0.2, 0) is 16.0 Å². The van der Waals surface area contributed by atoms with Crippen LogP contribution in [0.5, 0.6) is 23.0 Å². The number of hydrogen-bond acceptors (Lipinski definition) is 10. The largest absolute Gasteiger partial charge is 0.493 e. The summed E-state index contributed by atoms with van der Waals surface area (Å²) < 4.78 is 27.7. The molecule has 1 aliphatic rings. The molecule has 0 fully saturated rings. The standard InChI is InChI=1S/C37H39N3O8/c1-5-47-32-15-14-22(16-29(32)38)17-30(23-18-33(44-2)35(46-4)34(19-23)45-3)39-31(20-41)36(42)40-37(43)48-21-28-26-12-8-6-10-24(26)25-11-7-9-13-27(25)28/h6-16,18-19,28,31,41H,5,17,20-21,38H2,1-4H3,(H,40,42,43)/b39-30-/t31-/m0/s1. The Morgan fingerprint density at radius 3 is 2.04 bits per heavy atom. The first kappa shape index (κ1) is 33.8. The molecule has 0 aliphatic heterocycles. The summed E-state index contributed by atoms with van der Waals surface area (Å²) in [4.78, 5) is 30.9. The van der Waals surface area contributed by atoms with Gasteiger partial charge in [0, 0.05) is 23.6 Å². The molecule has 0 heterocycles. The molecule has 0 saturated carbocycles. The molecule has 4 aromatic rings. The van der Waals surface area contributed by atoms with E-state index in [4.69, 9.17) is 29.4 Å². The maximum absolute atomic E-state index is 13.3. The first-order valence-corrected chi connectivity index (χ1v) is 15.5. The highest BCUT2D eigenvalue weighted by Gasteiger charge is 2.30. The summed E-state index contributed by atoms with van der Waals surface area (Å²) in [5, 5.41) is 12.5. The Morgan fingerprint density at radius 1 is 0.875 bits per heavy atom. The van der Waals surface area contributed by atoms with Crippen molar-refractivity contribution in [3.8, 4) is 34.1 Å². The Hall–Kier alpha value is -5.55. The number of imide groups is 1.